The first kappa shape index (κ1) is 19.8. The number of H-pyrrole nitrogens is 1. The maximum atomic E-state index is 13.3. The molecule has 0 fully saturated rings. The van der Waals surface area contributed by atoms with Gasteiger partial charge in [-0.05, 0) is 35.7 Å². The maximum Gasteiger partial charge on any atom is 0.216 e. The number of ketones is 1. The van der Waals surface area contributed by atoms with Gasteiger partial charge in [-0.3, -0.25) is 14.8 Å². The van der Waals surface area contributed by atoms with Crippen LogP contribution in [0.5, 0.6) is 0 Å². The topological polar surface area (TPSA) is 98.8 Å². The summed E-state index contributed by atoms with van der Waals surface area (Å²) in [5.41, 5.74) is 8.55. The second kappa shape index (κ2) is 7.10. The smallest absolute Gasteiger partial charge is 0.216 e. The molecule has 0 amide bonds. The molecule has 1 unspecified atom stereocenters. The number of nitrogens with zero attached hydrogens (tertiary/aromatic N) is 3. The van der Waals surface area contributed by atoms with E-state index in [0.717, 1.165) is 5.70 Å². The molecule has 2 aliphatic rings. The van der Waals surface area contributed by atoms with Crippen molar-refractivity contribution in [3.63, 3.8) is 0 Å². The number of nitrogens with one attached hydrogen (secondary N) is 1. The summed E-state index contributed by atoms with van der Waals surface area (Å²) in [4.78, 5) is 15.0. The molecule has 1 aromatic carbocycles. The predicted octanol–water partition coefficient (Wildman–Crippen LogP) is 4.79. The number of rotatable bonds is 2. The summed E-state index contributed by atoms with van der Waals surface area (Å²) in [6.07, 6.45) is 0.996. The van der Waals surface area contributed by atoms with Gasteiger partial charge in [0.05, 0.1) is 17.6 Å². The Hall–Kier alpha value is -2.47. The predicted molar refractivity (Wildman–Crippen MR) is 116 cm³/mol. The third-order valence-corrected chi connectivity index (χ3v) is 6.63. The van der Waals surface area contributed by atoms with E-state index in [9.17, 15) is 10.1 Å². The summed E-state index contributed by atoms with van der Waals surface area (Å²) >= 11 is 12.9. The fourth-order valence-electron chi connectivity index (χ4n) is 4.07. The number of halogens is 1. The van der Waals surface area contributed by atoms with E-state index < -0.39 is 5.92 Å². The largest absolute Gasteiger partial charge is 0.384 e. The summed E-state index contributed by atoms with van der Waals surface area (Å²) in [6, 6.07) is 9.47. The molecule has 1 aliphatic heterocycles. The van der Waals surface area contributed by atoms with Gasteiger partial charge in [-0.1, -0.05) is 55.0 Å². The highest BCUT2D eigenvalue weighted by Gasteiger charge is 2.45. The highest BCUT2D eigenvalue weighted by molar-refractivity contribution is 7.73. The molecular formula is C20H18ClN5OS2. The number of nitrogens with two attached hydrogens (primary N) is 1. The third-order valence-electron chi connectivity index (χ3n) is 5.22. The number of benzene rings is 1. The lowest BCUT2D eigenvalue weighted by Crippen LogP contribution is -2.42. The van der Waals surface area contributed by atoms with E-state index in [1.165, 1.54) is 11.3 Å². The van der Waals surface area contributed by atoms with E-state index in [2.05, 4.69) is 16.3 Å². The molecule has 6 nitrogen and oxygen atoms in total. The number of carbonyl (C=O) groups excluding carboxylic acids is 1. The molecule has 0 saturated carbocycles. The summed E-state index contributed by atoms with van der Waals surface area (Å²) in [7, 11) is 0. The average molecular weight is 444 g/mol. The summed E-state index contributed by atoms with van der Waals surface area (Å²) in [5, 5.41) is 18.0. The minimum atomic E-state index is -0.601. The molecule has 3 N–H and O–H groups in total. The van der Waals surface area contributed by atoms with E-state index in [1.807, 2.05) is 32.0 Å². The lowest BCUT2D eigenvalue weighted by molar-refractivity contribution is -0.118. The molecule has 2 heterocycles. The van der Waals surface area contributed by atoms with Crippen LogP contribution in [0.2, 0.25) is 5.02 Å². The van der Waals surface area contributed by atoms with Gasteiger partial charge in [0.1, 0.15) is 5.82 Å². The Morgan fingerprint density at radius 1 is 1.41 bits per heavy atom. The Balaban J connectivity index is 2.03. The Kier molecular flexibility index (Phi) is 4.85. The van der Waals surface area contributed by atoms with Gasteiger partial charge < -0.3 is 5.73 Å². The van der Waals surface area contributed by atoms with Gasteiger partial charge in [0, 0.05) is 22.7 Å². The molecule has 1 aliphatic carbocycles. The zero-order chi connectivity index (χ0) is 20.9. The molecule has 148 valence electrons. The van der Waals surface area contributed by atoms with Crippen LogP contribution in [0.3, 0.4) is 0 Å². The van der Waals surface area contributed by atoms with Crippen molar-refractivity contribution in [2.45, 2.75) is 32.6 Å². The highest BCUT2D eigenvalue weighted by atomic mass is 35.5. The van der Waals surface area contributed by atoms with Crippen molar-refractivity contribution in [1.82, 2.24) is 10.2 Å². The molecule has 2 aromatic rings. The number of anilines is 1. The number of aromatic nitrogens is 2. The quantitative estimate of drug-likeness (QED) is 0.647. The monoisotopic (exact) mass is 443 g/mol. The van der Waals surface area contributed by atoms with E-state index in [1.54, 1.807) is 11.0 Å². The number of Topliss-reactive ketones (excluding diaryl/α,β-unsaturated/α-hetero) is 1. The summed E-state index contributed by atoms with van der Waals surface area (Å²) in [5.74, 6) is -0.361. The van der Waals surface area contributed by atoms with Crippen molar-refractivity contribution >= 4 is 46.1 Å². The van der Waals surface area contributed by atoms with Gasteiger partial charge in [-0.25, -0.2) is 0 Å². The van der Waals surface area contributed by atoms with Gasteiger partial charge in [0.25, 0.3) is 0 Å². The molecular weight excluding hydrogens is 426 g/mol. The summed E-state index contributed by atoms with van der Waals surface area (Å²) in [6.45, 7) is 4.09. The Morgan fingerprint density at radius 3 is 2.76 bits per heavy atom. The first-order chi connectivity index (χ1) is 13.7. The van der Waals surface area contributed by atoms with Crippen LogP contribution in [0.25, 0.3) is 0 Å². The zero-order valence-corrected chi connectivity index (χ0v) is 18.2. The number of nitriles is 1. The van der Waals surface area contributed by atoms with Crippen LogP contribution >= 0.6 is 35.2 Å². The van der Waals surface area contributed by atoms with E-state index in [4.69, 9.17) is 29.6 Å². The number of carbonyl (C=O) groups is 1. The lowest BCUT2D eigenvalue weighted by atomic mass is 9.68. The minimum absolute atomic E-state index is 0.00875. The van der Waals surface area contributed by atoms with Crippen molar-refractivity contribution in [3.8, 4) is 6.07 Å². The van der Waals surface area contributed by atoms with Crippen LogP contribution in [-0.2, 0) is 4.79 Å². The Morgan fingerprint density at radius 2 is 2.14 bits per heavy atom. The second-order valence-corrected chi connectivity index (χ2v) is 9.95. The second-order valence-electron chi connectivity index (χ2n) is 7.90. The van der Waals surface area contributed by atoms with Gasteiger partial charge >= 0.3 is 0 Å². The Bertz CT molecular complexity index is 1180. The number of hydrogen-bond donors (Lipinski definition) is 2. The van der Waals surface area contributed by atoms with E-state index in [-0.39, 0.29) is 22.6 Å². The first-order valence-corrected chi connectivity index (χ1v) is 10.6. The number of hydrogen-bond acceptors (Lipinski definition) is 7. The van der Waals surface area contributed by atoms with Gasteiger partial charge in [0.2, 0.25) is 5.13 Å². The maximum absolute atomic E-state index is 13.3. The fourth-order valence-corrected chi connectivity index (χ4v) is 5.23. The normalized spacial score (nSPS) is 21.2. The molecule has 1 aromatic heterocycles. The van der Waals surface area contributed by atoms with E-state index in [0.29, 0.717) is 38.1 Å². The average Bonchev–Trinajstić information content (AvgIpc) is 3.06. The van der Waals surface area contributed by atoms with Crippen LogP contribution in [0.1, 0.15) is 38.2 Å². The lowest BCUT2D eigenvalue weighted by Gasteiger charge is -2.42. The van der Waals surface area contributed by atoms with Crippen LogP contribution in [0.15, 0.2) is 46.9 Å². The number of aromatic amines is 1. The molecule has 29 heavy (non-hydrogen) atoms. The molecule has 0 radical (unpaired) electrons. The first-order valence-electron chi connectivity index (χ1n) is 8.99. The molecule has 0 saturated heterocycles. The minimum Gasteiger partial charge on any atom is -0.384 e. The van der Waals surface area contributed by atoms with Crippen molar-refractivity contribution in [2.75, 3.05) is 4.90 Å². The Labute approximate surface area is 182 Å². The van der Waals surface area contributed by atoms with Gasteiger partial charge in [-0.15, -0.1) is 5.10 Å². The van der Waals surface area contributed by atoms with Crippen LogP contribution in [0.4, 0.5) is 5.13 Å². The fraction of sp³-hybridized carbons (Fsp3) is 0.300. The molecule has 9 heteroatoms. The molecule has 4 rings (SSSR count). The highest BCUT2D eigenvalue weighted by Crippen LogP contribution is 2.51. The third kappa shape index (κ3) is 3.29. The van der Waals surface area contributed by atoms with E-state index >= 15 is 0 Å². The SMILES string of the molecule is CC1(C)CC(=O)C2=C(C1)N(c1n[nH]c(=S)s1)C(N)=C(C#N)C2c1ccccc1Cl. The van der Waals surface area contributed by atoms with Crippen molar-refractivity contribution in [1.29, 1.82) is 5.26 Å². The van der Waals surface area contributed by atoms with Crippen LogP contribution in [0, 0.1) is 20.7 Å². The van der Waals surface area contributed by atoms with Crippen LogP contribution < -0.4 is 10.6 Å². The number of allylic oxidation sites excluding steroid dienone is 3. The van der Waals surface area contributed by atoms with Crippen molar-refractivity contribution < 1.29 is 4.79 Å². The summed E-state index contributed by atoms with van der Waals surface area (Å²) < 4.78 is 0.489. The molecule has 0 bridgehead atoms. The molecule has 0 spiro atoms. The standard InChI is InChI=1S/C20H18ClN5OS2/c1-20(2)7-13-16(14(27)8-20)15(10-5-3-4-6-12(10)21)11(9-22)17(23)26(13)18-24-25-19(28)29-18/h3-6,15H,7-8,23H2,1-2H3,(H,25,28). The molecule has 1 atom stereocenters. The van der Waals surface area contributed by atoms with Crippen LogP contribution in [-0.4, -0.2) is 16.0 Å². The van der Waals surface area contributed by atoms with Crippen molar-refractivity contribution in [2.24, 2.45) is 11.1 Å². The van der Waals surface area contributed by atoms with Gasteiger partial charge in [-0.2, -0.15) is 5.26 Å². The van der Waals surface area contributed by atoms with Crippen molar-refractivity contribution in [3.05, 3.63) is 61.5 Å². The zero-order valence-electron chi connectivity index (χ0n) is 15.8. The van der Waals surface area contributed by atoms with Gasteiger partial charge in [0.15, 0.2) is 9.74 Å².